The molecule has 1 aromatic rings. The normalized spacial score (nSPS) is 9.87. The molecule has 0 saturated heterocycles. The van der Waals surface area contributed by atoms with Crippen molar-refractivity contribution in [3.8, 4) is 0 Å². The highest BCUT2D eigenvalue weighted by molar-refractivity contribution is 6.68. The van der Waals surface area contributed by atoms with E-state index in [1.54, 1.807) is 19.0 Å². The molecule has 1 aromatic heterocycles. The van der Waals surface area contributed by atoms with Gasteiger partial charge in [-0.25, -0.2) is 4.98 Å². The van der Waals surface area contributed by atoms with Gasteiger partial charge in [0.1, 0.15) is 11.4 Å². The molecule has 0 radical (unpaired) electrons. The lowest BCUT2D eigenvalue weighted by molar-refractivity contribution is 0.107. The Bertz CT molecular complexity index is 386. The third-order valence-corrected chi connectivity index (χ3v) is 2.12. The van der Waals surface area contributed by atoms with E-state index in [9.17, 15) is 9.59 Å². The van der Waals surface area contributed by atoms with Gasteiger partial charge in [-0.1, -0.05) is 0 Å². The van der Waals surface area contributed by atoms with Crippen molar-refractivity contribution >= 4 is 39.4 Å². The Balaban J connectivity index is 3.32. The molecular formula is C9H8Cl2N2O2. The van der Waals surface area contributed by atoms with E-state index in [1.807, 2.05) is 0 Å². The number of carbonyl (C=O) groups excluding carboxylic acids is 2. The Morgan fingerprint density at radius 2 is 1.53 bits per heavy atom. The Labute approximate surface area is 96.8 Å². The first-order valence-electron chi connectivity index (χ1n) is 4.01. The maximum Gasteiger partial charge on any atom is 0.270 e. The Morgan fingerprint density at radius 3 is 1.80 bits per heavy atom. The van der Waals surface area contributed by atoms with Gasteiger partial charge in [0.05, 0.1) is 0 Å². The summed E-state index contributed by atoms with van der Waals surface area (Å²) in [6.45, 7) is 0. The molecule has 0 saturated carbocycles. The van der Waals surface area contributed by atoms with Gasteiger partial charge in [0.15, 0.2) is 0 Å². The zero-order valence-corrected chi connectivity index (χ0v) is 9.63. The number of aromatic nitrogens is 1. The van der Waals surface area contributed by atoms with Crippen molar-refractivity contribution in [1.82, 2.24) is 4.98 Å². The van der Waals surface area contributed by atoms with Gasteiger partial charge in [0.2, 0.25) is 0 Å². The smallest absolute Gasteiger partial charge is 0.270 e. The molecule has 4 nitrogen and oxygen atoms in total. The fourth-order valence-electron chi connectivity index (χ4n) is 0.976. The molecule has 0 amide bonds. The van der Waals surface area contributed by atoms with Crippen molar-refractivity contribution < 1.29 is 9.59 Å². The van der Waals surface area contributed by atoms with Crippen molar-refractivity contribution in [3.63, 3.8) is 0 Å². The van der Waals surface area contributed by atoms with Crippen molar-refractivity contribution in [2.24, 2.45) is 0 Å². The van der Waals surface area contributed by atoms with Gasteiger partial charge in [-0.15, -0.1) is 0 Å². The van der Waals surface area contributed by atoms with Crippen molar-refractivity contribution in [1.29, 1.82) is 0 Å². The quantitative estimate of drug-likeness (QED) is 0.765. The van der Waals surface area contributed by atoms with Crippen LogP contribution in [-0.4, -0.2) is 29.6 Å². The molecule has 0 N–H and O–H groups in total. The summed E-state index contributed by atoms with van der Waals surface area (Å²) < 4.78 is 0. The van der Waals surface area contributed by atoms with E-state index in [0.29, 0.717) is 5.69 Å². The number of rotatable bonds is 3. The van der Waals surface area contributed by atoms with Gasteiger partial charge in [0.25, 0.3) is 10.5 Å². The summed E-state index contributed by atoms with van der Waals surface area (Å²) in [5.74, 6) is 0. The molecule has 0 bridgehead atoms. The number of hydrogen-bond donors (Lipinski definition) is 0. The molecule has 0 aromatic carbocycles. The maximum absolute atomic E-state index is 10.9. The highest BCUT2D eigenvalue weighted by atomic mass is 35.5. The lowest BCUT2D eigenvalue weighted by Crippen LogP contribution is -2.12. The van der Waals surface area contributed by atoms with Crippen LogP contribution in [-0.2, 0) is 0 Å². The molecule has 15 heavy (non-hydrogen) atoms. The van der Waals surface area contributed by atoms with Crippen molar-refractivity contribution in [3.05, 3.63) is 23.5 Å². The molecule has 0 aliphatic carbocycles. The molecule has 1 rings (SSSR count). The second-order valence-electron chi connectivity index (χ2n) is 3.04. The van der Waals surface area contributed by atoms with Crippen LogP contribution in [0.4, 0.5) is 5.69 Å². The first-order valence-corrected chi connectivity index (χ1v) is 4.76. The number of nitrogens with zero attached hydrogens (tertiary/aromatic N) is 2. The molecule has 0 aliphatic heterocycles. The van der Waals surface area contributed by atoms with Gasteiger partial charge in [-0.05, 0) is 35.3 Å². The predicted molar refractivity (Wildman–Crippen MR) is 58.9 cm³/mol. The topological polar surface area (TPSA) is 50.3 Å². The molecule has 0 spiro atoms. The summed E-state index contributed by atoms with van der Waals surface area (Å²) in [6, 6.07) is 2.97. The molecule has 0 atom stereocenters. The molecule has 1 heterocycles. The van der Waals surface area contributed by atoms with Crippen LogP contribution in [0.1, 0.15) is 21.0 Å². The minimum Gasteiger partial charge on any atom is -0.378 e. The van der Waals surface area contributed by atoms with Gasteiger partial charge in [-0.2, -0.15) is 0 Å². The Hall–Kier alpha value is -1.13. The fraction of sp³-hybridized carbons (Fsp3) is 0.222. The van der Waals surface area contributed by atoms with E-state index in [0.717, 1.165) is 0 Å². The summed E-state index contributed by atoms with van der Waals surface area (Å²) in [5.41, 5.74) is 0.650. The minimum absolute atomic E-state index is 0.00636. The first kappa shape index (κ1) is 11.9. The van der Waals surface area contributed by atoms with Crippen LogP contribution < -0.4 is 4.90 Å². The highest BCUT2D eigenvalue weighted by Crippen LogP contribution is 2.17. The van der Waals surface area contributed by atoms with Crippen molar-refractivity contribution in [2.75, 3.05) is 19.0 Å². The monoisotopic (exact) mass is 246 g/mol. The van der Waals surface area contributed by atoms with Gasteiger partial charge in [0, 0.05) is 19.8 Å². The summed E-state index contributed by atoms with van der Waals surface area (Å²) in [6.07, 6.45) is 0. The second-order valence-corrected chi connectivity index (χ2v) is 3.72. The number of hydrogen-bond acceptors (Lipinski definition) is 4. The van der Waals surface area contributed by atoms with Crippen LogP contribution in [0, 0.1) is 0 Å². The standard InChI is InChI=1S/C9H8Cl2N2O2/c1-13(2)5-3-6(8(10)14)12-7(4-5)9(11)15/h3-4H,1-2H3. The van der Waals surface area contributed by atoms with Crippen LogP contribution in [0.25, 0.3) is 0 Å². The van der Waals surface area contributed by atoms with Gasteiger partial charge >= 0.3 is 0 Å². The SMILES string of the molecule is CN(C)c1cc(C(=O)Cl)nc(C(=O)Cl)c1. The van der Waals surface area contributed by atoms with Crippen LogP contribution in [0.15, 0.2) is 12.1 Å². The molecule has 80 valence electrons. The molecular weight excluding hydrogens is 239 g/mol. The molecule has 0 aliphatic rings. The summed E-state index contributed by atoms with van der Waals surface area (Å²) >= 11 is 10.6. The van der Waals surface area contributed by atoms with Gasteiger partial charge in [-0.3, -0.25) is 9.59 Å². The summed E-state index contributed by atoms with van der Waals surface area (Å²) in [5, 5.41) is -1.45. The van der Waals surface area contributed by atoms with E-state index in [2.05, 4.69) is 4.98 Å². The summed E-state index contributed by atoms with van der Waals surface area (Å²) in [7, 11) is 3.53. The zero-order chi connectivity index (χ0) is 11.6. The number of anilines is 1. The van der Waals surface area contributed by atoms with Crippen LogP contribution in [0.5, 0.6) is 0 Å². The van der Waals surface area contributed by atoms with E-state index < -0.39 is 10.5 Å². The zero-order valence-electron chi connectivity index (χ0n) is 8.12. The lowest BCUT2D eigenvalue weighted by atomic mass is 10.2. The van der Waals surface area contributed by atoms with E-state index in [-0.39, 0.29) is 11.4 Å². The third-order valence-electron chi connectivity index (χ3n) is 1.73. The average Bonchev–Trinajstić information content (AvgIpc) is 2.16. The second kappa shape index (κ2) is 4.59. The molecule has 0 unspecified atom stereocenters. The Kier molecular flexibility index (Phi) is 3.66. The highest BCUT2D eigenvalue weighted by Gasteiger charge is 2.12. The van der Waals surface area contributed by atoms with Crippen LogP contribution in [0.3, 0.4) is 0 Å². The largest absolute Gasteiger partial charge is 0.378 e. The van der Waals surface area contributed by atoms with Crippen molar-refractivity contribution in [2.45, 2.75) is 0 Å². The lowest BCUT2D eigenvalue weighted by Gasteiger charge is -2.13. The van der Waals surface area contributed by atoms with Gasteiger partial charge < -0.3 is 4.90 Å². The number of halogens is 2. The summed E-state index contributed by atoms with van der Waals surface area (Å²) in [4.78, 5) is 27.3. The number of pyridine rings is 1. The average molecular weight is 247 g/mol. The van der Waals surface area contributed by atoms with Crippen LogP contribution >= 0.6 is 23.2 Å². The Morgan fingerprint density at radius 1 is 1.13 bits per heavy atom. The van der Waals surface area contributed by atoms with Crippen LogP contribution in [0.2, 0.25) is 0 Å². The van der Waals surface area contributed by atoms with E-state index in [1.165, 1.54) is 12.1 Å². The number of carbonyl (C=O) groups is 2. The minimum atomic E-state index is -0.724. The fourth-order valence-corrected chi connectivity index (χ4v) is 1.17. The first-order chi connectivity index (χ1) is 6.91. The maximum atomic E-state index is 10.9. The molecule has 6 heteroatoms. The molecule has 0 fully saturated rings. The predicted octanol–water partition coefficient (Wildman–Crippen LogP) is 1.91. The van der Waals surface area contributed by atoms with E-state index in [4.69, 9.17) is 23.2 Å². The third kappa shape index (κ3) is 2.91. The van der Waals surface area contributed by atoms with E-state index >= 15 is 0 Å².